The smallest absolute Gasteiger partial charge is 0.261 e. The van der Waals surface area contributed by atoms with Crippen LogP contribution in [-0.2, 0) is 32.5 Å². The van der Waals surface area contributed by atoms with Crippen LogP contribution in [-0.4, -0.2) is 67.8 Å². The van der Waals surface area contributed by atoms with Gasteiger partial charge in [0.2, 0.25) is 0 Å². The van der Waals surface area contributed by atoms with E-state index in [4.69, 9.17) is 9.94 Å². The molecule has 0 fully saturated rings. The number of hydroxylamine groups is 1. The predicted molar refractivity (Wildman–Crippen MR) is 140 cm³/mol. The number of aryl methyl sites for hydroxylation is 1. The van der Waals surface area contributed by atoms with Gasteiger partial charge in [0.1, 0.15) is 11.1 Å². The summed E-state index contributed by atoms with van der Waals surface area (Å²) in [4.78, 5) is 26.8. The molecule has 1 atom stereocenters. The van der Waals surface area contributed by atoms with E-state index in [-0.39, 0.29) is 24.3 Å². The lowest BCUT2D eigenvalue weighted by atomic mass is 10.00. The van der Waals surface area contributed by atoms with Crippen LogP contribution in [0.25, 0.3) is 21.9 Å². The van der Waals surface area contributed by atoms with Gasteiger partial charge in [-0.15, -0.1) is 0 Å². The summed E-state index contributed by atoms with van der Waals surface area (Å²) in [5, 5.41) is 8.32. The lowest BCUT2D eigenvalue weighted by molar-refractivity contribution is -0.128. The number of aromatic nitrogens is 1. The Balaban J connectivity index is 1.80. The van der Waals surface area contributed by atoms with Crippen molar-refractivity contribution in [2.24, 2.45) is 0 Å². The zero-order valence-corrected chi connectivity index (χ0v) is 21.9. The summed E-state index contributed by atoms with van der Waals surface area (Å²) in [5.41, 5.74) is 2.89. The first-order valence-corrected chi connectivity index (χ1v) is 13.7. The third-order valence-electron chi connectivity index (χ3n) is 6.21. The number of methoxy groups -OCH3 is 1. The van der Waals surface area contributed by atoms with E-state index in [0.29, 0.717) is 35.1 Å². The van der Waals surface area contributed by atoms with Crippen molar-refractivity contribution >= 4 is 26.5 Å². The maximum absolute atomic E-state index is 15.0. The molecule has 0 bridgehead atoms. The molecule has 2 aromatic carbocycles. The lowest BCUT2D eigenvalue weighted by Crippen LogP contribution is -2.39. The number of halogens is 1. The van der Waals surface area contributed by atoms with E-state index in [2.05, 4.69) is 4.90 Å². The van der Waals surface area contributed by atoms with E-state index in [1.165, 1.54) is 22.3 Å². The van der Waals surface area contributed by atoms with E-state index in [0.717, 1.165) is 24.8 Å². The van der Waals surface area contributed by atoms with Crippen LogP contribution in [0.2, 0.25) is 0 Å². The first kappa shape index (κ1) is 28.5. The molecule has 0 spiro atoms. The number of carbonyl (C=O) groups is 1. The molecule has 11 heteroatoms. The molecule has 0 aliphatic carbocycles. The van der Waals surface area contributed by atoms with Gasteiger partial charge in [-0.3, -0.25) is 14.8 Å². The fourth-order valence-corrected chi connectivity index (χ4v) is 5.24. The summed E-state index contributed by atoms with van der Waals surface area (Å²) in [6.07, 6.45) is 3.10. The highest BCUT2D eigenvalue weighted by Crippen LogP contribution is 2.27. The van der Waals surface area contributed by atoms with Crippen LogP contribution in [0.1, 0.15) is 18.4 Å². The van der Waals surface area contributed by atoms with Crippen LogP contribution in [0.3, 0.4) is 0 Å². The number of fused-ring (bicyclic) bond motifs is 1. The van der Waals surface area contributed by atoms with Crippen molar-refractivity contribution in [1.29, 1.82) is 0 Å². The Kier molecular flexibility index (Phi) is 9.55. The average molecular weight is 534 g/mol. The van der Waals surface area contributed by atoms with Crippen molar-refractivity contribution < 1.29 is 27.5 Å². The van der Waals surface area contributed by atoms with Crippen LogP contribution >= 0.6 is 0 Å². The molecule has 37 heavy (non-hydrogen) atoms. The second-order valence-corrected chi connectivity index (χ2v) is 11.3. The number of nitrogens with one attached hydrogen (secondary N) is 1. The van der Waals surface area contributed by atoms with Crippen molar-refractivity contribution in [3.05, 3.63) is 70.4 Å². The maximum Gasteiger partial charge on any atom is 0.261 e. The minimum atomic E-state index is -3.79. The Morgan fingerprint density at radius 3 is 2.62 bits per heavy atom. The van der Waals surface area contributed by atoms with Crippen molar-refractivity contribution in [1.82, 2.24) is 14.9 Å². The fraction of sp³-hybridized carbons (Fsp3) is 0.385. The second kappa shape index (κ2) is 12.4. The van der Waals surface area contributed by atoms with Gasteiger partial charge in [-0.2, -0.15) is 0 Å². The molecular weight excluding hydrogens is 501 g/mol. The first-order valence-electron chi connectivity index (χ1n) is 11.8. The minimum Gasteiger partial charge on any atom is -0.385 e. The van der Waals surface area contributed by atoms with E-state index >= 15 is 0 Å². The molecule has 200 valence electrons. The summed E-state index contributed by atoms with van der Waals surface area (Å²) in [7, 11) is -0.154. The molecule has 0 saturated heterocycles. The molecule has 0 unspecified atom stereocenters. The summed E-state index contributed by atoms with van der Waals surface area (Å²) < 4.78 is 45.1. The van der Waals surface area contributed by atoms with Gasteiger partial charge < -0.3 is 14.2 Å². The average Bonchev–Trinajstić information content (AvgIpc) is 2.84. The standard InChI is InChI=1S/C26H32FN3O6S/c1-29(11-4-14-36-2)17-18-5-7-21(23(27)15-18)19-6-8-22-20(16-19)9-12-30(26(22)32)13-10-24(25(31)28-33)37(3,34)35/h5-9,12,15-16,24,33H,4,10-11,13-14,17H2,1-3H3,(H,28,31)/t24-/m1/s1. The quantitative estimate of drug-likeness (QED) is 0.209. The van der Waals surface area contributed by atoms with Crippen molar-refractivity contribution in [3.63, 3.8) is 0 Å². The summed E-state index contributed by atoms with van der Waals surface area (Å²) >= 11 is 0. The Morgan fingerprint density at radius 1 is 1.22 bits per heavy atom. The van der Waals surface area contributed by atoms with E-state index < -0.39 is 21.0 Å². The predicted octanol–water partition coefficient (Wildman–Crippen LogP) is 2.58. The Hall–Kier alpha value is -3.12. The van der Waals surface area contributed by atoms with Gasteiger partial charge in [0.05, 0.1) is 0 Å². The van der Waals surface area contributed by atoms with E-state index in [1.807, 2.05) is 13.1 Å². The van der Waals surface area contributed by atoms with Crippen molar-refractivity contribution in [2.75, 3.05) is 33.6 Å². The number of sulfone groups is 1. The normalized spacial score (nSPS) is 12.7. The number of pyridine rings is 1. The molecule has 1 amide bonds. The van der Waals surface area contributed by atoms with Crippen LogP contribution in [0.5, 0.6) is 0 Å². The largest absolute Gasteiger partial charge is 0.385 e. The molecular formula is C26H32FN3O6S. The Morgan fingerprint density at radius 2 is 1.97 bits per heavy atom. The molecule has 3 rings (SSSR count). The number of benzene rings is 2. The summed E-state index contributed by atoms with van der Waals surface area (Å²) in [6.45, 7) is 2.08. The van der Waals surface area contributed by atoms with Gasteiger partial charge in [-0.25, -0.2) is 18.3 Å². The number of rotatable bonds is 12. The molecule has 0 aliphatic heterocycles. The summed E-state index contributed by atoms with van der Waals surface area (Å²) in [5.74, 6) is -1.41. The number of hydrogen-bond acceptors (Lipinski definition) is 7. The highest BCUT2D eigenvalue weighted by Gasteiger charge is 2.28. The molecule has 0 saturated carbocycles. The van der Waals surface area contributed by atoms with Gasteiger partial charge >= 0.3 is 0 Å². The molecule has 1 heterocycles. The second-order valence-electron chi connectivity index (χ2n) is 9.10. The van der Waals surface area contributed by atoms with Gasteiger partial charge in [-0.05, 0) is 60.7 Å². The van der Waals surface area contributed by atoms with Crippen LogP contribution in [0.4, 0.5) is 4.39 Å². The van der Waals surface area contributed by atoms with Gasteiger partial charge in [-0.1, -0.05) is 18.2 Å². The number of nitrogens with zero attached hydrogens (tertiary/aromatic N) is 2. The van der Waals surface area contributed by atoms with Gasteiger partial charge in [0.15, 0.2) is 9.84 Å². The summed E-state index contributed by atoms with van der Waals surface area (Å²) in [6, 6.07) is 11.8. The van der Waals surface area contributed by atoms with Gasteiger partial charge in [0.25, 0.3) is 11.5 Å². The van der Waals surface area contributed by atoms with E-state index in [1.54, 1.807) is 37.4 Å². The Labute approximate surface area is 215 Å². The monoisotopic (exact) mass is 533 g/mol. The molecule has 1 aromatic heterocycles. The Bertz CT molecular complexity index is 1420. The SMILES string of the molecule is COCCCN(C)Cc1ccc(-c2ccc3c(=O)n(CC[C@H](C(=O)NO)S(C)(=O)=O)ccc3c2)c(F)c1. The third-order valence-corrected chi connectivity index (χ3v) is 7.70. The molecule has 3 aromatic rings. The first-order chi connectivity index (χ1) is 17.5. The molecule has 0 radical (unpaired) electrons. The lowest BCUT2D eigenvalue weighted by Gasteiger charge is -2.17. The minimum absolute atomic E-state index is 0.0440. The molecule has 2 N–H and O–H groups in total. The molecule has 0 aliphatic rings. The number of carbonyl (C=O) groups excluding carboxylic acids is 1. The van der Waals surface area contributed by atoms with Crippen LogP contribution < -0.4 is 11.0 Å². The zero-order valence-electron chi connectivity index (χ0n) is 21.1. The zero-order chi connectivity index (χ0) is 27.2. The van der Waals surface area contributed by atoms with Crippen molar-refractivity contribution in [3.8, 4) is 11.1 Å². The highest BCUT2D eigenvalue weighted by atomic mass is 32.2. The van der Waals surface area contributed by atoms with Crippen LogP contribution in [0, 0.1) is 5.82 Å². The number of hydrogen-bond donors (Lipinski definition) is 2. The topological polar surface area (TPSA) is 118 Å². The third kappa shape index (κ3) is 7.22. The maximum atomic E-state index is 15.0. The van der Waals surface area contributed by atoms with Crippen molar-refractivity contribution in [2.45, 2.75) is 31.2 Å². The molecule has 9 nitrogen and oxygen atoms in total. The fourth-order valence-electron chi connectivity index (χ4n) is 4.26. The van der Waals surface area contributed by atoms with Gasteiger partial charge in [0, 0.05) is 56.8 Å². The number of amides is 1. The van der Waals surface area contributed by atoms with E-state index in [9.17, 15) is 22.4 Å². The van der Waals surface area contributed by atoms with Crippen LogP contribution in [0.15, 0.2) is 53.5 Å². The highest BCUT2D eigenvalue weighted by molar-refractivity contribution is 7.92. The number of ether oxygens (including phenoxy) is 1.